The second kappa shape index (κ2) is 19.5. The van der Waals surface area contributed by atoms with Crippen LogP contribution in [0.2, 0.25) is 0 Å². The Kier molecular flexibility index (Phi) is 14.3. The zero-order valence-electron chi connectivity index (χ0n) is 29.5. The van der Waals surface area contributed by atoms with Crippen LogP contribution in [0.25, 0.3) is 11.4 Å². The van der Waals surface area contributed by atoms with Gasteiger partial charge in [-0.05, 0) is 107 Å². The highest BCUT2D eigenvalue weighted by atomic mass is 16.6. The average molecular weight is 700 g/mol. The molecule has 2 aromatic carbocycles. The summed E-state index contributed by atoms with van der Waals surface area (Å²) in [6.07, 6.45) is 8.64. The normalized spacial score (nSPS) is 14.4. The van der Waals surface area contributed by atoms with Crippen LogP contribution in [0.3, 0.4) is 0 Å². The van der Waals surface area contributed by atoms with E-state index < -0.39 is 5.54 Å². The van der Waals surface area contributed by atoms with Gasteiger partial charge in [0.05, 0.1) is 25.3 Å². The van der Waals surface area contributed by atoms with Gasteiger partial charge in [0.2, 0.25) is 0 Å². The summed E-state index contributed by atoms with van der Waals surface area (Å²) >= 11 is 0. The minimum atomic E-state index is -0.468. The summed E-state index contributed by atoms with van der Waals surface area (Å²) in [7, 11) is 1.34. The van der Waals surface area contributed by atoms with Gasteiger partial charge in [-0.15, -0.1) is 0 Å². The van der Waals surface area contributed by atoms with Crippen molar-refractivity contribution in [2.24, 2.45) is 0 Å². The molecule has 1 fully saturated rings. The molecule has 1 aliphatic heterocycles. The van der Waals surface area contributed by atoms with E-state index in [-0.39, 0.29) is 24.5 Å². The molecule has 51 heavy (non-hydrogen) atoms. The molecule has 1 atom stereocenters. The topological polar surface area (TPSA) is 162 Å². The molecular weight excluding hydrogens is 650 g/mol. The number of hydrogen-bond donors (Lipinski definition) is 4. The number of hydrogen-bond acceptors (Lipinski definition) is 11. The maximum absolute atomic E-state index is 13.4. The zero-order chi connectivity index (χ0) is 35.7. The van der Waals surface area contributed by atoms with Crippen LogP contribution in [0.4, 0.5) is 5.69 Å². The number of esters is 1. The highest BCUT2D eigenvalue weighted by Crippen LogP contribution is 2.34. The number of benzene rings is 2. The molecule has 5 rings (SSSR count). The third-order valence-corrected chi connectivity index (χ3v) is 8.78. The molecule has 13 nitrogen and oxygen atoms in total. The number of carbonyl (C=O) groups is 2. The zero-order valence-corrected chi connectivity index (χ0v) is 29.5. The molecular formula is C38H49N7O6. The number of aromatic amines is 1. The van der Waals surface area contributed by atoms with Gasteiger partial charge in [-0.25, -0.2) is 9.78 Å². The van der Waals surface area contributed by atoms with E-state index in [1.54, 1.807) is 12.4 Å². The summed E-state index contributed by atoms with van der Waals surface area (Å²) in [5.41, 5.74) is 2.79. The van der Waals surface area contributed by atoms with Gasteiger partial charge >= 0.3 is 5.97 Å². The quantitative estimate of drug-likeness (QED) is 0.0710. The predicted octanol–water partition coefficient (Wildman–Crippen LogP) is 5.19. The van der Waals surface area contributed by atoms with E-state index >= 15 is 0 Å². The molecule has 272 valence electrons. The Bertz CT molecular complexity index is 1660. The van der Waals surface area contributed by atoms with Crippen LogP contribution in [0.1, 0.15) is 73.2 Å². The summed E-state index contributed by atoms with van der Waals surface area (Å²) in [6.45, 7) is 5.94. The molecule has 0 aliphatic carbocycles. The van der Waals surface area contributed by atoms with Gasteiger partial charge in [-0.2, -0.15) is 5.10 Å². The number of methoxy groups -OCH3 is 1. The Labute approximate surface area is 299 Å². The molecule has 3 heterocycles. The van der Waals surface area contributed by atoms with E-state index in [9.17, 15) is 9.59 Å². The van der Waals surface area contributed by atoms with Crippen molar-refractivity contribution in [3.8, 4) is 17.1 Å². The number of aromatic nitrogens is 4. The molecule has 1 saturated heterocycles. The van der Waals surface area contributed by atoms with Gasteiger partial charge in [-0.3, -0.25) is 14.9 Å². The number of nitrogens with one attached hydrogen (secondary N) is 4. The van der Waals surface area contributed by atoms with Crippen molar-refractivity contribution in [2.75, 3.05) is 58.6 Å². The van der Waals surface area contributed by atoms with Gasteiger partial charge in [0.15, 0.2) is 11.6 Å². The van der Waals surface area contributed by atoms with Crippen LogP contribution in [-0.2, 0) is 24.5 Å². The van der Waals surface area contributed by atoms with Crippen LogP contribution in [0, 0.1) is 0 Å². The number of amides is 1. The fraction of sp³-hybridized carbons (Fsp3) is 0.447. The Morgan fingerprint density at radius 3 is 2.49 bits per heavy atom. The third-order valence-electron chi connectivity index (χ3n) is 8.78. The fourth-order valence-corrected chi connectivity index (χ4v) is 5.88. The molecule has 4 N–H and O–H groups in total. The SMILES string of the molecule is COC(=O)COCCCOCCCCCOc1cccc([C@@H](C)NC(=O)c2cccc(NC3(c4nc(-c5ccncc5)n[nH]4)CCNCC3)c2)c1. The average Bonchev–Trinajstić information content (AvgIpc) is 3.68. The van der Waals surface area contributed by atoms with E-state index in [0.29, 0.717) is 37.8 Å². The number of ether oxygens (including phenoxy) is 4. The first-order valence-corrected chi connectivity index (χ1v) is 17.6. The summed E-state index contributed by atoms with van der Waals surface area (Å²) in [4.78, 5) is 33.4. The lowest BCUT2D eigenvalue weighted by molar-refractivity contribution is -0.146. The molecule has 0 bridgehead atoms. The van der Waals surface area contributed by atoms with Gasteiger partial charge < -0.3 is 34.9 Å². The van der Waals surface area contributed by atoms with Gasteiger partial charge in [0.1, 0.15) is 12.4 Å². The standard InChI is InChI=1S/C38H49N7O6/c1-28(30-9-7-12-33(26-30)51-24-5-3-4-21-49-22-8-23-50-27-34(46)48-2)41-36(47)31-10-6-11-32(25-31)43-38(15-19-40-20-16-38)37-42-35(44-45-37)29-13-17-39-18-14-29/h6-7,9-14,17-18,25-26,28,40,43H,3-5,8,15-16,19-24,27H2,1-2H3,(H,41,47)(H,42,44,45)/t28-/m1/s1. The molecule has 2 aromatic heterocycles. The van der Waals surface area contributed by atoms with Crippen LogP contribution in [0.15, 0.2) is 73.1 Å². The number of piperidine rings is 1. The Morgan fingerprint density at radius 2 is 1.67 bits per heavy atom. The number of nitrogens with zero attached hydrogens (tertiary/aromatic N) is 3. The molecule has 13 heteroatoms. The Morgan fingerprint density at radius 1 is 0.902 bits per heavy atom. The molecule has 4 aromatic rings. The summed E-state index contributed by atoms with van der Waals surface area (Å²) in [6, 6.07) is 19.0. The molecule has 1 amide bonds. The van der Waals surface area contributed by atoms with Crippen molar-refractivity contribution in [1.29, 1.82) is 0 Å². The second-order valence-electron chi connectivity index (χ2n) is 12.6. The fourth-order valence-electron chi connectivity index (χ4n) is 5.88. The first kappa shape index (κ1) is 37.4. The van der Waals surface area contributed by atoms with Crippen LogP contribution in [0.5, 0.6) is 5.75 Å². The maximum atomic E-state index is 13.4. The predicted molar refractivity (Wildman–Crippen MR) is 193 cm³/mol. The lowest BCUT2D eigenvalue weighted by Crippen LogP contribution is -2.46. The van der Waals surface area contributed by atoms with Crippen molar-refractivity contribution in [1.82, 2.24) is 30.8 Å². The number of carbonyl (C=O) groups excluding carboxylic acids is 2. The Balaban J connectivity index is 1.07. The van der Waals surface area contributed by atoms with Crippen molar-refractivity contribution in [3.05, 3.63) is 90.0 Å². The number of anilines is 1. The number of rotatable bonds is 20. The highest BCUT2D eigenvalue weighted by molar-refractivity contribution is 5.95. The second-order valence-corrected chi connectivity index (χ2v) is 12.6. The van der Waals surface area contributed by atoms with E-state index in [0.717, 1.165) is 80.0 Å². The summed E-state index contributed by atoms with van der Waals surface area (Å²) in [5, 5.41) is 18.0. The smallest absolute Gasteiger partial charge is 0.331 e. The van der Waals surface area contributed by atoms with E-state index in [2.05, 4.69) is 35.9 Å². The minimum absolute atomic E-state index is 0.0267. The number of pyridine rings is 1. The van der Waals surface area contributed by atoms with Crippen molar-refractivity contribution in [2.45, 2.75) is 57.0 Å². The van der Waals surface area contributed by atoms with Crippen LogP contribution >= 0.6 is 0 Å². The largest absolute Gasteiger partial charge is 0.494 e. The molecule has 0 unspecified atom stereocenters. The van der Waals surface area contributed by atoms with Gasteiger partial charge in [0.25, 0.3) is 5.91 Å². The van der Waals surface area contributed by atoms with Crippen LogP contribution in [-0.4, -0.2) is 85.3 Å². The van der Waals surface area contributed by atoms with Gasteiger partial charge in [0, 0.05) is 49.0 Å². The lowest BCUT2D eigenvalue weighted by Gasteiger charge is -2.37. The van der Waals surface area contributed by atoms with Crippen molar-refractivity contribution in [3.63, 3.8) is 0 Å². The van der Waals surface area contributed by atoms with Gasteiger partial charge in [-0.1, -0.05) is 18.2 Å². The first-order valence-electron chi connectivity index (χ1n) is 17.6. The van der Waals surface area contributed by atoms with E-state index in [1.807, 2.05) is 67.6 Å². The highest BCUT2D eigenvalue weighted by Gasteiger charge is 2.37. The molecule has 0 saturated carbocycles. The maximum Gasteiger partial charge on any atom is 0.331 e. The van der Waals surface area contributed by atoms with Crippen LogP contribution < -0.4 is 20.7 Å². The molecule has 1 aliphatic rings. The van der Waals surface area contributed by atoms with E-state index in [1.165, 1.54) is 7.11 Å². The monoisotopic (exact) mass is 699 g/mol. The lowest BCUT2D eigenvalue weighted by atomic mass is 9.87. The summed E-state index contributed by atoms with van der Waals surface area (Å²) in [5.74, 6) is 1.63. The van der Waals surface area contributed by atoms with Crippen molar-refractivity contribution >= 4 is 17.6 Å². The number of unbranched alkanes of at least 4 members (excludes halogenated alkanes) is 2. The Hall–Kier alpha value is -4.85. The van der Waals surface area contributed by atoms with E-state index in [4.69, 9.17) is 19.2 Å². The van der Waals surface area contributed by atoms with Crippen molar-refractivity contribution < 1.29 is 28.5 Å². The third kappa shape index (κ3) is 11.3. The molecule has 0 radical (unpaired) electrons. The number of H-pyrrole nitrogens is 1. The minimum Gasteiger partial charge on any atom is -0.494 e. The summed E-state index contributed by atoms with van der Waals surface area (Å²) < 4.78 is 21.4. The first-order chi connectivity index (χ1) is 25.0. The molecule has 0 spiro atoms.